The predicted molar refractivity (Wildman–Crippen MR) is 310 cm³/mol. The molecule has 5 aromatic carbocycles. The molecule has 25 nitrogen and oxygen atoms in total. The highest BCUT2D eigenvalue weighted by Crippen LogP contribution is 2.19. The third-order valence-electron chi connectivity index (χ3n) is 10.6. The quantitative estimate of drug-likeness (QED) is 0.0325. The number of hydrogen-bond acceptors (Lipinski definition) is 22. The molecule has 0 bridgehead atoms. The number of methoxy groups -OCH3 is 1. The summed E-state index contributed by atoms with van der Waals surface area (Å²) in [6, 6.07) is 43.0. The molecular formula is C58H53N17O8. The van der Waals surface area contributed by atoms with E-state index in [1.807, 2.05) is 12.1 Å². The van der Waals surface area contributed by atoms with Crippen molar-refractivity contribution in [3.05, 3.63) is 242 Å². The lowest BCUT2D eigenvalue weighted by atomic mass is 10.1. The standard InChI is InChI=1S/C12H12N4O.2C12H11N3O2.C11H10N4O.C11H9N3O2/c1-13-12(17)9-2-4-10(5-3-9)16-11-6-7-14-8-15-11;1-17-12(16)9-2-4-10(5-3-9)15-11-6-7-13-8-14-11;16-7-11(17)9-1-3-10(4-2-9)15-12-5-6-13-8-14-12;12-11(16)8-1-3-9(4-2-8)15-10-5-6-13-7-14-10;15-11(16)8-1-3-9(4-2-8)14-10-5-6-12-7-13-10/h2-8H,1H3,(H,13,17)(H,14,15,16);2-8H,1H3,(H,13,14,15);1-6,8,16H,7H2,(H,13,14,15);1-7H,(H2,12,16)(H,13,14,15);1-7H,(H,15,16)(H,12,13,14). The molecule has 0 atom stereocenters. The van der Waals surface area contributed by atoms with Crippen LogP contribution in [0.2, 0.25) is 0 Å². The molecule has 0 aliphatic heterocycles. The van der Waals surface area contributed by atoms with E-state index in [2.05, 4.69) is 86.5 Å². The van der Waals surface area contributed by atoms with E-state index in [1.54, 1.807) is 165 Å². The average molecular weight is 1120 g/mol. The number of carboxylic acid groups (broad SMARTS) is 1. The Labute approximate surface area is 474 Å². The molecule has 0 unspecified atom stereocenters. The van der Waals surface area contributed by atoms with E-state index in [0.717, 1.165) is 28.4 Å². The van der Waals surface area contributed by atoms with Crippen LogP contribution in [0.4, 0.5) is 57.5 Å². The molecule has 25 heteroatoms. The van der Waals surface area contributed by atoms with Gasteiger partial charge in [-0.1, -0.05) is 0 Å². The highest BCUT2D eigenvalue weighted by atomic mass is 16.5. The molecular weight excluding hydrogens is 1060 g/mol. The number of nitrogens with one attached hydrogen (secondary N) is 6. The summed E-state index contributed by atoms with van der Waals surface area (Å²) in [6.45, 7) is -0.474. The van der Waals surface area contributed by atoms with Gasteiger partial charge < -0.3 is 52.6 Å². The monoisotopic (exact) mass is 1120 g/mol. The maximum Gasteiger partial charge on any atom is 0.337 e. The third kappa shape index (κ3) is 21.1. The first kappa shape index (κ1) is 60.2. The molecule has 5 heterocycles. The van der Waals surface area contributed by atoms with Crippen LogP contribution in [0.3, 0.4) is 0 Å². The van der Waals surface area contributed by atoms with Crippen LogP contribution in [0, 0.1) is 0 Å². The summed E-state index contributed by atoms with van der Waals surface area (Å²) in [5, 5.41) is 35.4. The Morgan fingerprint density at radius 3 is 0.928 bits per heavy atom. The Morgan fingerprint density at radius 2 is 0.687 bits per heavy atom. The van der Waals surface area contributed by atoms with Crippen molar-refractivity contribution in [3.63, 3.8) is 0 Å². The Hall–Kier alpha value is -12.0. The second-order valence-corrected chi connectivity index (χ2v) is 16.3. The number of rotatable bonds is 16. The number of aliphatic hydroxyl groups excluding tert-OH is 1. The lowest BCUT2D eigenvalue weighted by molar-refractivity contribution is 0.0599. The average Bonchev–Trinajstić information content (AvgIpc) is 3.53. The molecule has 0 saturated heterocycles. The van der Waals surface area contributed by atoms with Crippen molar-refractivity contribution in [2.45, 2.75) is 0 Å². The molecule has 0 saturated carbocycles. The van der Waals surface area contributed by atoms with Gasteiger partial charge in [0.1, 0.15) is 67.3 Å². The summed E-state index contributed by atoms with van der Waals surface area (Å²) in [6.07, 6.45) is 15.5. The Morgan fingerprint density at radius 1 is 0.410 bits per heavy atom. The van der Waals surface area contributed by atoms with Crippen molar-refractivity contribution >= 4 is 87.1 Å². The Bertz CT molecular complexity index is 3250. The van der Waals surface area contributed by atoms with Crippen LogP contribution in [-0.2, 0) is 4.74 Å². The molecule has 10 N–H and O–H groups in total. The SMILES string of the molecule is CNC(=O)c1ccc(Nc2ccncn2)cc1.COC(=O)c1ccc(Nc2ccncn2)cc1.NC(=O)c1ccc(Nc2ccncn2)cc1.O=C(CO)c1ccc(Nc2ccncn2)cc1.O=C(O)c1ccc(Nc2ccncn2)cc1. The molecule has 0 spiro atoms. The number of aliphatic hydroxyl groups is 1. The fourth-order valence-electron chi connectivity index (χ4n) is 6.46. The zero-order valence-electron chi connectivity index (χ0n) is 44.3. The number of primary amides is 1. The first-order valence-electron chi connectivity index (χ1n) is 24.5. The number of nitrogens with zero attached hydrogens (tertiary/aromatic N) is 10. The topological polar surface area (TPSA) is 362 Å². The molecule has 0 aliphatic rings. The first-order valence-corrected chi connectivity index (χ1v) is 24.5. The largest absolute Gasteiger partial charge is 0.478 e. The van der Waals surface area contributed by atoms with E-state index in [9.17, 15) is 24.0 Å². The van der Waals surface area contributed by atoms with Gasteiger partial charge in [-0.2, -0.15) is 0 Å². The van der Waals surface area contributed by atoms with Gasteiger partial charge in [-0.3, -0.25) is 14.4 Å². The van der Waals surface area contributed by atoms with Crippen LogP contribution < -0.4 is 37.6 Å². The van der Waals surface area contributed by atoms with Gasteiger partial charge in [0.25, 0.3) is 5.91 Å². The molecule has 5 aromatic heterocycles. The van der Waals surface area contributed by atoms with Crippen LogP contribution in [0.1, 0.15) is 51.8 Å². The lowest BCUT2D eigenvalue weighted by Gasteiger charge is -2.05. The number of hydrogen-bond donors (Lipinski definition) is 9. The van der Waals surface area contributed by atoms with Gasteiger partial charge in [0.05, 0.1) is 18.2 Å². The van der Waals surface area contributed by atoms with Gasteiger partial charge in [-0.15, -0.1) is 0 Å². The molecule has 10 aromatic rings. The van der Waals surface area contributed by atoms with Gasteiger partial charge in [0, 0.05) is 83.2 Å². The number of carbonyl (C=O) groups excluding carboxylic acids is 4. The number of nitrogens with two attached hydrogens (primary N) is 1. The van der Waals surface area contributed by atoms with Gasteiger partial charge >= 0.3 is 11.9 Å². The molecule has 10 rings (SSSR count). The number of benzene rings is 5. The van der Waals surface area contributed by atoms with E-state index in [1.165, 1.54) is 50.9 Å². The highest BCUT2D eigenvalue weighted by Gasteiger charge is 2.07. The van der Waals surface area contributed by atoms with Crippen molar-refractivity contribution in [1.29, 1.82) is 0 Å². The fraction of sp³-hybridized carbons (Fsp3) is 0.0517. The normalized spacial score (nSPS) is 9.77. The number of aromatic carboxylic acids is 1. The maximum absolute atomic E-state index is 11.3. The number of carboxylic acids is 1. The number of anilines is 10. The number of ketones is 1. The second kappa shape index (κ2) is 32.7. The number of carbonyl (C=O) groups is 5. The number of ether oxygens (including phenoxy) is 1. The van der Waals surface area contributed by atoms with Crippen molar-refractivity contribution in [2.75, 3.05) is 47.3 Å². The zero-order valence-corrected chi connectivity index (χ0v) is 44.3. The second-order valence-electron chi connectivity index (χ2n) is 16.3. The molecule has 0 radical (unpaired) electrons. The van der Waals surface area contributed by atoms with Gasteiger partial charge in [0.15, 0.2) is 5.78 Å². The molecule has 2 amide bonds. The van der Waals surface area contributed by atoms with Crippen LogP contribution in [0.15, 0.2) is 214 Å². The number of amides is 2. The summed E-state index contributed by atoms with van der Waals surface area (Å²) in [7, 11) is 2.96. The highest BCUT2D eigenvalue weighted by molar-refractivity contribution is 5.97. The lowest BCUT2D eigenvalue weighted by Crippen LogP contribution is -2.17. The number of esters is 1. The van der Waals surface area contributed by atoms with Crippen molar-refractivity contribution in [3.8, 4) is 0 Å². The summed E-state index contributed by atoms with van der Waals surface area (Å²) >= 11 is 0. The van der Waals surface area contributed by atoms with E-state index in [4.69, 9.17) is 15.9 Å². The molecule has 418 valence electrons. The minimum atomic E-state index is -0.936. The summed E-state index contributed by atoms with van der Waals surface area (Å²) in [5.74, 6) is 1.34. The first-order chi connectivity index (χ1) is 40.4. The van der Waals surface area contributed by atoms with Crippen molar-refractivity contribution < 1.29 is 38.9 Å². The smallest absolute Gasteiger partial charge is 0.337 e. The Kier molecular flexibility index (Phi) is 23.7. The van der Waals surface area contributed by atoms with Gasteiger partial charge in [-0.25, -0.2) is 59.4 Å². The van der Waals surface area contributed by atoms with Crippen LogP contribution >= 0.6 is 0 Å². The van der Waals surface area contributed by atoms with E-state index in [-0.39, 0.29) is 23.2 Å². The number of Topliss-reactive ketones (excluding diaryl/α,β-unsaturated/α-hetero) is 1. The van der Waals surface area contributed by atoms with Crippen LogP contribution in [-0.4, -0.2) is 110 Å². The third-order valence-corrected chi connectivity index (χ3v) is 10.6. The van der Waals surface area contributed by atoms with Gasteiger partial charge in [0.2, 0.25) is 5.91 Å². The van der Waals surface area contributed by atoms with E-state index in [0.29, 0.717) is 51.3 Å². The molecule has 83 heavy (non-hydrogen) atoms. The Balaban J connectivity index is 0.000000167. The molecule has 0 aliphatic carbocycles. The predicted octanol–water partition coefficient (Wildman–Crippen LogP) is 8.22. The summed E-state index contributed by atoms with van der Waals surface area (Å²) in [5.41, 5.74) is 11.7. The summed E-state index contributed by atoms with van der Waals surface area (Å²) in [4.78, 5) is 94.4. The maximum atomic E-state index is 11.3. The number of aromatic nitrogens is 10. The van der Waals surface area contributed by atoms with E-state index >= 15 is 0 Å². The summed E-state index contributed by atoms with van der Waals surface area (Å²) < 4.78 is 4.61. The molecule has 0 fully saturated rings. The van der Waals surface area contributed by atoms with Crippen molar-refractivity contribution in [2.24, 2.45) is 5.73 Å². The van der Waals surface area contributed by atoms with Gasteiger partial charge in [-0.05, 0) is 152 Å². The van der Waals surface area contributed by atoms with Crippen LogP contribution in [0.5, 0.6) is 0 Å². The minimum absolute atomic E-state index is 0.0985. The van der Waals surface area contributed by atoms with E-state index < -0.39 is 18.5 Å². The fourth-order valence-corrected chi connectivity index (χ4v) is 6.46. The van der Waals surface area contributed by atoms with Crippen LogP contribution in [0.25, 0.3) is 0 Å². The van der Waals surface area contributed by atoms with Crippen molar-refractivity contribution in [1.82, 2.24) is 55.2 Å². The minimum Gasteiger partial charge on any atom is -0.478 e. The zero-order chi connectivity index (χ0) is 59.0.